The molecule has 9 heteroatoms. The molecule has 0 bridgehead atoms. The second-order valence-corrected chi connectivity index (χ2v) is 5.90. The highest BCUT2D eigenvalue weighted by Gasteiger charge is 2.23. The largest absolute Gasteiger partial charge is 0.381 e. The van der Waals surface area contributed by atoms with Gasteiger partial charge in [-0.15, -0.1) is 11.3 Å². The molecule has 2 rings (SSSR count). The van der Waals surface area contributed by atoms with Gasteiger partial charge in [0.25, 0.3) is 10.0 Å². The van der Waals surface area contributed by atoms with Crippen molar-refractivity contribution >= 4 is 32.3 Å². The summed E-state index contributed by atoms with van der Waals surface area (Å²) in [5, 5.41) is 2.00. The van der Waals surface area contributed by atoms with Gasteiger partial charge in [0.2, 0.25) is 0 Å². The maximum absolute atomic E-state index is 12.0. The summed E-state index contributed by atoms with van der Waals surface area (Å²) < 4.78 is 27.8. The van der Waals surface area contributed by atoms with E-state index in [1.165, 1.54) is 22.2 Å². The summed E-state index contributed by atoms with van der Waals surface area (Å²) >= 11 is 1.21. The molecule has 0 atom stereocenters. The third kappa shape index (κ3) is 2.24. The SMILES string of the molecule is Cc1csc(NS(=O)(=O)c2c(N)ncn2C)n1. The summed E-state index contributed by atoms with van der Waals surface area (Å²) in [6.45, 7) is 1.78. The monoisotopic (exact) mass is 273 g/mol. The van der Waals surface area contributed by atoms with Crippen LogP contribution in [0.2, 0.25) is 0 Å². The van der Waals surface area contributed by atoms with E-state index in [1.807, 2.05) is 0 Å². The zero-order valence-electron chi connectivity index (χ0n) is 9.21. The molecule has 2 aromatic heterocycles. The Kier molecular flexibility index (Phi) is 2.79. The average Bonchev–Trinajstić information content (AvgIpc) is 2.73. The third-order valence-corrected chi connectivity index (χ3v) is 4.48. The highest BCUT2D eigenvalue weighted by molar-refractivity contribution is 7.93. The van der Waals surface area contributed by atoms with Crippen molar-refractivity contribution in [2.75, 3.05) is 10.5 Å². The van der Waals surface area contributed by atoms with Gasteiger partial charge in [-0.2, -0.15) is 8.42 Å². The van der Waals surface area contributed by atoms with Crippen LogP contribution in [0.25, 0.3) is 0 Å². The summed E-state index contributed by atoms with van der Waals surface area (Å²) in [5.41, 5.74) is 6.27. The van der Waals surface area contributed by atoms with E-state index in [9.17, 15) is 8.42 Å². The Labute approximate surface area is 102 Å². The van der Waals surface area contributed by atoms with Crippen LogP contribution in [0.15, 0.2) is 16.7 Å². The van der Waals surface area contributed by atoms with E-state index in [0.29, 0.717) is 5.13 Å². The van der Waals surface area contributed by atoms with Crippen molar-refractivity contribution < 1.29 is 8.42 Å². The van der Waals surface area contributed by atoms with Crippen molar-refractivity contribution in [1.82, 2.24) is 14.5 Å². The minimum absolute atomic E-state index is 0.0340. The molecule has 0 radical (unpaired) electrons. The molecule has 7 nitrogen and oxygen atoms in total. The van der Waals surface area contributed by atoms with Crippen molar-refractivity contribution in [2.45, 2.75) is 11.9 Å². The number of imidazole rings is 1. The number of rotatable bonds is 3. The van der Waals surface area contributed by atoms with Crippen LogP contribution in [-0.4, -0.2) is 23.0 Å². The lowest BCUT2D eigenvalue weighted by molar-refractivity contribution is 0.592. The Balaban J connectivity index is 2.38. The molecule has 2 heterocycles. The number of aryl methyl sites for hydroxylation is 2. The molecule has 0 amide bonds. The standard InChI is InChI=1S/C8H11N5O2S2/c1-5-3-16-8(11-5)12-17(14,15)7-6(9)10-4-13(7)2/h3-4H,9H2,1-2H3,(H,11,12). The predicted molar refractivity (Wildman–Crippen MR) is 65.3 cm³/mol. The Morgan fingerprint density at radius 2 is 2.24 bits per heavy atom. The minimum atomic E-state index is -3.74. The van der Waals surface area contributed by atoms with Crippen LogP contribution in [0.5, 0.6) is 0 Å². The van der Waals surface area contributed by atoms with Gasteiger partial charge in [-0.25, -0.2) is 9.97 Å². The van der Waals surface area contributed by atoms with Gasteiger partial charge in [-0.05, 0) is 6.92 Å². The average molecular weight is 273 g/mol. The summed E-state index contributed by atoms with van der Waals surface area (Å²) in [6, 6.07) is 0. The number of nitrogens with one attached hydrogen (secondary N) is 1. The van der Waals surface area contributed by atoms with Gasteiger partial charge < -0.3 is 10.3 Å². The van der Waals surface area contributed by atoms with E-state index in [2.05, 4.69) is 14.7 Å². The first-order valence-corrected chi connectivity index (χ1v) is 6.98. The quantitative estimate of drug-likeness (QED) is 0.851. The molecule has 92 valence electrons. The van der Waals surface area contributed by atoms with Gasteiger partial charge in [0.05, 0.1) is 12.0 Å². The molecular formula is C8H11N5O2S2. The molecule has 0 aliphatic heterocycles. The van der Waals surface area contributed by atoms with Gasteiger partial charge in [-0.1, -0.05) is 0 Å². The summed E-state index contributed by atoms with van der Waals surface area (Å²) in [7, 11) is -2.18. The highest BCUT2D eigenvalue weighted by atomic mass is 32.2. The normalized spacial score (nSPS) is 11.6. The number of nitrogens with two attached hydrogens (primary N) is 1. The number of hydrogen-bond donors (Lipinski definition) is 2. The molecule has 0 aliphatic rings. The zero-order valence-corrected chi connectivity index (χ0v) is 10.8. The summed E-state index contributed by atoms with van der Waals surface area (Å²) in [5.74, 6) is -0.0340. The fraction of sp³-hybridized carbons (Fsp3) is 0.250. The van der Waals surface area contributed by atoms with Crippen LogP contribution in [0.4, 0.5) is 10.9 Å². The number of nitrogens with zero attached hydrogens (tertiary/aromatic N) is 3. The fourth-order valence-electron chi connectivity index (χ4n) is 1.33. The van der Waals surface area contributed by atoms with Gasteiger partial charge in [0.1, 0.15) is 0 Å². The first-order valence-electron chi connectivity index (χ1n) is 4.62. The molecule has 3 N–H and O–H groups in total. The van der Waals surface area contributed by atoms with E-state index in [-0.39, 0.29) is 10.8 Å². The lowest BCUT2D eigenvalue weighted by atomic mass is 10.6. The fourth-order valence-corrected chi connectivity index (χ4v) is 3.51. The van der Waals surface area contributed by atoms with Crippen molar-refractivity contribution in [2.24, 2.45) is 7.05 Å². The van der Waals surface area contributed by atoms with E-state index in [4.69, 9.17) is 5.73 Å². The van der Waals surface area contributed by atoms with E-state index in [0.717, 1.165) is 5.69 Å². The second kappa shape index (κ2) is 4.00. The maximum Gasteiger partial charge on any atom is 0.283 e. The molecule has 0 aliphatic carbocycles. The Morgan fingerprint density at radius 1 is 1.53 bits per heavy atom. The molecule has 17 heavy (non-hydrogen) atoms. The van der Waals surface area contributed by atoms with Crippen molar-refractivity contribution in [3.8, 4) is 0 Å². The first-order chi connectivity index (χ1) is 7.90. The molecule has 0 saturated heterocycles. The lowest BCUT2D eigenvalue weighted by Crippen LogP contribution is -2.17. The maximum atomic E-state index is 12.0. The predicted octanol–water partition coefficient (Wildman–Crippen LogP) is 0.568. The Morgan fingerprint density at radius 3 is 2.71 bits per heavy atom. The molecule has 0 fully saturated rings. The Hall–Kier alpha value is -1.61. The van der Waals surface area contributed by atoms with Crippen molar-refractivity contribution in [1.29, 1.82) is 0 Å². The van der Waals surface area contributed by atoms with Crippen LogP contribution in [0.1, 0.15) is 5.69 Å². The number of hydrogen-bond acceptors (Lipinski definition) is 6. The molecule has 0 unspecified atom stereocenters. The molecule has 0 aromatic carbocycles. The Bertz CT molecular complexity index is 623. The van der Waals surface area contributed by atoms with Crippen LogP contribution in [0.3, 0.4) is 0 Å². The number of thiazole rings is 1. The van der Waals surface area contributed by atoms with Gasteiger partial charge in [0, 0.05) is 12.4 Å². The second-order valence-electron chi connectivity index (χ2n) is 3.45. The highest BCUT2D eigenvalue weighted by Crippen LogP contribution is 2.22. The van der Waals surface area contributed by atoms with Crippen molar-refractivity contribution in [3.05, 3.63) is 17.4 Å². The number of nitrogen functional groups attached to an aromatic ring is 1. The first kappa shape index (κ1) is 11.9. The summed E-state index contributed by atoms with van der Waals surface area (Å²) in [4.78, 5) is 7.76. The van der Waals surface area contributed by atoms with Gasteiger partial charge in [0.15, 0.2) is 16.0 Å². The van der Waals surface area contributed by atoms with E-state index >= 15 is 0 Å². The molecule has 2 aromatic rings. The third-order valence-electron chi connectivity index (χ3n) is 2.00. The van der Waals surface area contributed by atoms with E-state index in [1.54, 1.807) is 19.4 Å². The van der Waals surface area contributed by atoms with Gasteiger partial charge in [-0.3, -0.25) is 4.72 Å². The molecule has 0 spiro atoms. The van der Waals surface area contributed by atoms with Gasteiger partial charge >= 0.3 is 0 Å². The van der Waals surface area contributed by atoms with Crippen LogP contribution in [0, 0.1) is 6.92 Å². The number of sulfonamides is 1. The minimum Gasteiger partial charge on any atom is -0.381 e. The van der Waals surface area contributed by atoms with Crippen LogP contribution >= 0.6 is 11.3 Å². The topological polar surface area (TPSA) is 103 Å². The molecule has 0 saturated carbocycles. The smallest absolute Gasteiger partial charge is 0.283 e. The zero-order chi connectivity index (χ0) is 12.6. The lowest BCUT2D eigenvalue weighted by Gasteiger charge is -2.05. The van der Waals surface area contributed by atoms with Crippen LogP contribution < -0.4 is 10.5 Å². The van der Waals surface area contributed by atoms with E-state index < -0.39 is 10.0 Å². The van der Waals surface area contributed by atoms with Crippen molar-refractivity contribution in [3.63, 3.8) is 0 Å². The summed E-state index contributed by atoms with van der Waals surface area (Å²) in [6.07, 6.45) is 1.34. The number of aromatic nitrogens is 3. The number of anilines is 2. The van der Waals surface area contributed by atoms with Crippen LogP contribution in [-0.2, 0) is 17.1 Å². The molecular weight excluding hydrogens is 262 g/mol.